The van der Waals surface area contributed by atoms with Crippen molar-refractivity contribution in [1.29, 1.82) is 0 Å². The molecular formula is C15H20ClNO. The normalized spacial score (nSPS) is 22.7. The average molecular weight is 266 g/mol. The van der Waals surface area contributed by atoms with Crippen LogP contribution in [0.1, 0.15) is 30.9 Å². The van der Waals surface area contributed by atoms with Gasteiger partial charge in [-0.25, -0.2) is 0 Å². The second kappa shape index (κ2) is 6.17. The van der Waals surface area contributed by atoms with E-state index < -0.39 is 5.54 Å². The Bertz CT molecular complexity index is 456. The lowest BCUT2D eigenvalue weighted by molar-refractivity contribution is -0.121. The van der Waals surface area contributed by atoms with Gasteiger partial charge in [-0.05, 0) is 43.5 Å². The van der Waals surface area contributed by atoms with Crippen molar-refractivity contribution in [3.05, 3.63) is 47.5 Å². The van der Waals surface area contributed by atoms with Crippen molar-refractivity contribution in [2.75, 3.05) is 6.54 Å². The van der Waals surface area contributed by atoms with Crippen LogP contribution in [0.3, 0.4) is 0 Å². The van der Waals surface area contributed by atoms with Crippen molar-refractivity contribution in [3.63, 3.8) is 0 Å². The molecule has 0 aliphatic heterocycles. The van der Waals surface area contributed by atoms with Gasteiger partial charge in [0.1, 0.15) is 5.54 Å². The Morgan fingerprint density at radius 1 is 1.33 bits per heavy atom. The molecule has 1 atom stereocenters. The summed E-state index contributed by atoms with van der Waals surface area (Å²) in [7, 11) is 0. The molecule has 1 unspecified atom stereocenters. The van der Waals surface area contributed by atoms with Crippen LogP contribution in [-0.4, -0.2) is 12.3 Å². The van der Waals surface area contributed by atoms with Gasteiger partial charge in [0.15, 0.2) is 5.78 Å². The number of benzene rings is 1. The second-order valence-electron chi connectivity index (χ2n) is 4.56. The van der Waals surface area contributed by atoms with Crippen LogP contribution in [0, 0.1) is 6.92 Å². The van der Waals surface area contributed by atoms with Crippen LogP contribution in [0.4, 0.5) is 0 Å². The lowest BCUT2D eigenvalue weighted by atomic mass is 9.77. The number of nitrogens with one attached hydrogen (secondary N) is 1. The Labute approximate surface area is 115 Å². The highest BCUT2D eigenvalue weighted by Gasteiger charge is 2.39. The third kappa shape index (κ3) is 2.50. The van der Waals surface area contributed by atoms with Gasteiger partial charge in [0.25, 0.3) is 0 Å². The number of hydrogen-bond acceptors (Lipinski definition) is 2. The largest absolute Gasteiger partial charge is 0.301 e. The number of carbonyl (C=O) groups excluding carboxylic acids is 1. The van der Waals surface area contributed by atoms with E-state index in [1.165, 1.54) is 5.56 Å². The Morgan fingerprint density at radius 2 is 2.06 bits per heavy atom. The van der Waals surface area contributed by atoms with Gasteiger partial charge < -0.3 is 5.32 Å². The smallest absolute Gasteiger partial charge is 0.179 e. The quantitative estimate of drug-likeness (QED) is 0.910. The van der Waals surface area contributed by atoms with E-state index in [4.69, 9.17) is 0 Å². The number of rotatable bonds is 3. The van der Waals surface area contributed by atoms with Crippen LogP contribution in [-0.2, 0) is 10.3 Å². The highest BCUT2D eigenvalue weighted by atomic mass is 35.5. The topological polar surface area (TPSA) is 29.1 Å². The molecule has 0 heterocycles. The maximum atomic E-state index is 12.3. The number of hydrogen-bond donors (Lipinski definition) is 1. The van der Waals surface area contributed by atoms with Gasteiger partial charge in [-0.1, -0.05) is 37.3 Å². The standard InChI is InChI=1S/C15H19NO.ClH/c1-3-16-15(11-7-6-10-14(15)17)13-9-5-4-8-12(13)2;/h4-6,8-10,16H,3,7,11H2,1-2H3;1H. The van der Waals surface area contributed by atoms with Crippen molar-refractivity contribution in [3.8, 4) is 0 Å². The first-order valence-corrected chi connectivity index (χ1v) is 6.23. The van der Waals surface area contributed by atoms with Gasteiger partial charge in [-0.15, -0.1) is 12.4 Å². The maximum absolute atomic E-state index is 12.3. The Morgan fingerprint density at radius 3 is 2.67 bits per heavy atom. The molecule has 0 saturated carbocycles. The maximum Gasteiger partial charge on any atom is 0.179 e. The minimum absolute atomic E-state index is 0. The van der Waals surface area contributed by atoms with Crippen molar-refractivity contribution in [1.82, 2.24) is 5.32 Å². The molecule has 0 saturated heterocycles. The fraction of sp³-hybridized carbons (Fsp3) is 0.400. The molecule has 2 rings (SSSR count). The fourth-order valence-electron chi connectivity index (χ4n) is 2.65. The zero-order valence-corrected chi connectivity index (χ0v) is 11.7. The molecule has 1 N–H and O–H groups in total. The van der Waals surface area contributed by atoms with E-state index >= 15 is 0 Å². The van der Waals surface area contributed by atoms with E-state index in [0.29, 0.717) is 0 Å². The van der Waals surface area contributed by atoms with E-state index in [0.717, 1.165) is 24.9 Å². The zero-order valence-electron chi connectivity index (χ0n) is 10.9. The van der Waals surface area contributed by atoms with Crippen molar-refractivity contribution in [2.45, 2.75) is 32.2 Å². The minimum atomic E-state index is -0.505. The van der Waals surface area contributed by atoms with Crippen LogP contribution >= 0.6 is 12.4 Å². The Hall–Kier alpha value is -1.12. The molecule has 1 aromatic carbocycles. The summed E-state index contributed by atoms with van der Waals surface area (Å²) in [5.41, 5.74) is 1.79. The minimum Gasteiger partial charge on any atom is -0.301 e. The third-order valence-corrected chi connectivity index (χ3v) is 3.46. The first-order chi connectivity index (χ1) is 8.20. The number of halogens is 1. The van der Waals surface area contributed by atoms with E-state index in [9.17, 15) is 4.79 Å². The molecule has 2 nitrogen and oxygen atoms in total. The molecule has 3 heteroatoms. The monoisotopic (exact) mass is 265 g/mol. The number of aryl methyl sites for hydroxylation is 1. The van der Waals surface area contributed by atoms with Crippen LogP contribution in [0.15, 0.2) is 36.4 Å². The van der Waals surface area contributed by atoms with Crippen LogP contribution in [0.2, 0.25) is 0 Å². The number of carbonyl (C=O) groups is 1. The summed E-state index contributed by atoms with van der Waals surface area (Å²) < 4.78 is 0. The highest BCUT2D eigenvalue weighted by Crippen LogP contribution is 2.33. The molecule has 0 spiro atoms. The first kappa shape index (κ1) is 14.9. The van der Waals surface area contributed by atoms with Crippen molar-refractivity contribution in [2.24, 2.45) is 0 Å². The SMILES string of the molecule is CCNC1(c2ccccc2C)CCC=CC1=O.Cl. The van der Waals surface area contributed by atoms with Crippen LogP contribution in [0.25, 0.3) is 0 Å². The molecule has 1 aromatic rings. The van der Waals surface area contributed by atoms with Gasteiger partial charge >= 0.3 is 0 Å². The second-order valence-corrected chi connectivity index (χ2v) is 4.56. The van der Waals surface area contributed by atoms with Crippen molar-refractivity contribution >= 4 is 18.2 Å². The molecule has 0 aromatic heterocycles. The van der Waals surface area contributed by atoms with Gasteiger partial charge in [-0.3, -0.25) is 4.79 Å². The van der Waals surface area contributed by atoms with Gasteiger partial charge in [0, 0.05) is 0 Å². The van der Waals surface area contributed by atoms with E-state index in [1.807, 2.05) is 25.1 Å². The summed E-state index contributed by atoms with van der Waals surface area (Å²) in [6.45, 7) is 4.92. The average Bonchev–Trinajstić information content (AvgIpc) is 2.33. The summed E-state index contributed by atoms with van der Waals surface area (Å²) in [6, 6.07) is 8.16. The third-order valence-electron chi connectivity index (χ3n) is 3.46. The Balaban J connectivity index is 0.00000162. The molecule has 1 aliphatic carbocycles. The first-order valence-electron chi connectivity index (χ1n) is 6.23. The number of ketones is 1. The van der Waals surface area contributed by atoms with E-state index in [-0.39, 0.29) is 18.2 Å². The molecule has 0 bridgehead atoms. The molecule has 98 valence electrons. The van der Waals surface area contributed by atoms with E-state index in [2.05, 4.69) is 24.4 Å². The fourth-order valence-corrected chi connectivity index (χ4v) is 2.65. The molecular weight excluding hydrogens is 246 g/mol. The lowest BCUT2D eigenvalue weighted by Gasteiger charge is -2.35. The van der Waals surface area contributed by atoms with E-state index in [1.54, 1.807) is 6.08 Å². The predicted molar refractivity (Wildman–Crippen MR) is 77.2 cm³/mol. The number of allylic oxidation sites excluding steroid dienone is 1. The summed E-state index contributed by atoms with van der Waals surface area (Å²) >= 11 is 0. The van der Waals surface area contributed by atoms with Gasteiger partial charge in [0.05, 0.1) is 0 Å². The molecule has 0 radical (unpaired) electrons. The molecule has 1 aliphatic rings. The summed E-state index contributed by atoms with van der Waals surface area (Å²) in [4.78, 5) is 12.3. The van der Waals surface area contributed by atoms with Gasteiger partial charge in [0.2, 0.25) is 0 Å². The highest BCUT2D eigenvalue weighted by molar-refractivity contribution is 5.99. The molecule has 18 heavy (non-hydrogen) atoms. The Kier molecular flexibility index (Phi) is 5.12. The summed E-state index contributed by atoms with van der Waals surface area (Å²) in [5.74, 6) is 0.180. The van der Waals surface area contributed by atoms with Crippen LogP contribution < -0.4 is 5.32 Å². The summed E-state index contributed by atoms with van der Waals surface area (Å²) in [6.07, 6.45) is 5.49. The predicted octanol–water partition coefficient (Wildman–Crippen LogP) is 3.14. The summed E-state index contributed by atoms with van der Waals surface area (Å²) in [5, 5.41) is 3.40. The zero-order chi connectivity index (χ0) is 12.3. The molecule has 0 fully saturated rings. The van der Waals surface area contributed by atoms with Gasteiger partial charge in [-0.2, -0.15) is 0 Å². The number of likely N-dealkylation sites (N-methyl/N-ethyl adjacent to an activating group) is 1. The lowest BCUT2D eigenvalue weighted by Crippen LogP contribution is -2.50. The molecule has 0 amide bonds. The van der Waals surface area contributed by atoms with Crippen LogP contribution in [0.5, 0.6) is 0 Å². The van der Waals surface area contributed by atoms with Crippen molar-refractivity contribution < 1.29 is 4.79 Å².